The van der Waals surface area contributed by atoms with Gasteiger partial charge in [0.15, 0.2) is 11.6 Å². The van der Waals surface area contributed by atoms with E-state index in [1.165, 1.54) is 0 Å². The predicted molar refractivity (Wildman–Crippen MR) is 163 cm³/mol. The number of nitrogens with zero attached hydrogens (tertiary/aromatic N) is 1. The Hall–Kier alpha value is -2.64. The summed E-state index contributed by atoms with van der Waals surface area (Å²) in [7, 11) is 0. The maximum Gasteiger partial charge on any atom is 0.252 e. The molecule has 1 amide bonds. The van der Waals surface area contributed by atoms with Crippen LogP contribution in [0.1, 0.15) is 55.2 Å². The molecule has 2 atom stereocenters. The summed E-state index contributed by atoms with van der Waals surface area (Å²) in [6, 6.07) is 16.5. The van der Waals surface area contributed by atoms with Gasteiger partial charge in [-0.25, -0.2) is 8.78 Å². The number of ether oxygens (including phenoxy) is 1. The van der Waals surface area contributed by atoms with Gasteiger partial charge in [-0.1, -0.05) is 71.2 Å². The summed E-state index contributed by atoms with van der Waals surface area (Å²) in [6.07, 6.45) is 6.08. The van der Waals surface area contributed by atoms with E-state index in [2.05, 4.69) is 29.6 Å². The highest BCUT2D eigenvalue weighted by Crippen LogP contribution is 2.41. The van der Waals surface area contributed by atoms with E-state index in [1.807, 2.05) is 17.0 Å². The average Bonchev–Trinajstić information content (AvgIpc) is 3.77. The third-order valence-corrected chi connectivity index (χ3v) is 9.59. The van der Waals surface area contributed by atoms with E-state index in [-0.39, 0.29) is 35.4 Å². The Labute approximate surface area is 259 Å². The molecule has 3 aromatic rings. The van der Waals surface area contributed by atoms with Gasteiger partial charge in [0.25, 0.3) is 5.91 Å². The molecule has 4 nitrogen and oxygen atoms in total. The standard InChI is InChI=1S/C33H31Cl3F2N2O2/c34-25-5-1-4-21(30(25)35)18-40(23-11-12-23)33(41)29-24(17-22-10-15-28(29)39-22)20-8-6-19(7-9-20)3-2-16-42-32-27(38)14-13-26(37)31(32)36/h1,4-9,13-14,22-23,28,39H,2-3,10-12,15-18H2. The molecule has 2 fully saturated rings. The molecule has 3 aromatic carbocycles. The van der Waals surface area contributed by atoms with Gasteiger partial charge < -0.3 is 15.0 Å². The number of fused-ring (bicyclic) bond motifs is 2. The van der Waals surface area contributed by atoms with Crippen molar-refractivity contribution in [1.82, 2.24) is 10.2 Å². The number of carbonyl (C=O) groups is 1. The number of benzene rings is 3. The molecule has 1 saturated heterocycles. The van der Waals surface area contributed by atoms with Gasteiger partial charge in [0.05, 0.1) is 16.7 Å². The number of nitrogens with one attached hydrogen (secondary N) is 1. The minimum absolute atomic E-state index is 0.0363. The molecule has 3 aliphatic rings. The highest BCUT2D eigenvalue weighted by atomic mass is 35.5. The Bertz CT molecular complexity index is 1520. The molecule has 6 rings (SSSR count). The maximum atomic E-state index is 14.3. The molecule has 1 saturated carbocycles. The highest BCUT2D eigenvalue weighted by Gasteiger charge is 2.42. The van der Waals surface area contributed by atoms with Crippen LogP contribution in [0.3, 0.4) is 0 Å². The summed E-state index contributed by atoms with van der Waals surface area (Å²) < 4.78 is 33.1. The predicted octanol–water partition coefficient (Wildman–Crippen LogP) is 8.41. The van der Waals surface area contributed by atoms with Gasteiger partial charge in [-0.05, 0) is 85.4 Å². The number of hydrogen-bond acceptors (Lipinski definition) is 3. The summed E-state index contributed by atoms with van der Waals surface area (Å²) in [5.74, 6) is -1.58. The molecular weight excluding hydrogens is 601 g/mol. The van der Waals surface area contributed by atoms with E-state index >= 15 is 0 Å². The number of hydrogen-bond donors (Lipinski definition) is 1. The second-order valence-electron chi connectivity index (χ2n) is 11.3. The highest BCUT2D eigenvalue weighted by molar-refractivity contribution is 6.42. The molecule has 2 heterocycles. The van der Waals surface area contributed by atoms with Gasteiger partial charge in [-0.2, -0.15) is 0 Å². The molecule has 2 unspecified atom stereocenters. The van der Waals surface area contributed by atoms with Crippen LogP contribution in [-0.4, -0.2) is 35.5 Å². The van der Waals surface area contributed by atoms with Crippen LogP contribution in [0.2, 0.25) is 15.1 Å². The van der Waals surface area contributed by atoms with E-state index in [9.17, 15) is 13.6 Å². The lowest BCUT2D eigenvalue weighted by Crippen LogP contribution is -2.44. The van der Waals surface area contributed by atoms with Gasteiger partial charge in [0.1, 0.15) is 10.8 Å². The smallest absolute Gasteiger partial charge is 0.252 e. The molecule has 0 radical (unpaired) electrons. The molecule has 42 heavy (non-hydrogen) atoms. The first-order valence-corrected chi connectivity index (χ1v) is 15.5. The summed E-state index contributed by atoms with van der Waals surface area (Å²) >= 11 is 18.6. The Morgan fingerprint density at radius 2 is 1.69 bits per heavy atom. The van der Waals surface area contributed by atoms with E-state index in [1.54, 1.807) is 6.07 Å². The lowest BCUT2D eigenvalue weighted by Gasteiger charge is -2.32. The van der Waals surface area contributed by atoms with Crippen molar-refractivity contribution >= 4 is 46.3 Å². The van der Waals surface area contributed by atoms with Crippen molar-refractivity contribution in [2.24, 2.45) is 0 Å². The zero-order valence-electron chi connectivity index (χ0n) is 22.9. The molecule has 0 aromatic heterocycles. The Morgan fingerprint density at radius 1 is 0.929 bits per heavy atom. The first-order chi connectivity index (χ1) is 20.3. The fraction of sp³-hybridized carbons (Fsp3) is 0.364. The zero-order chi connectivity index (χ0) is 29.4. The van der Waals surface area contributed by atoms with Gasteiger partial charge in [0.2, 0.25) is 0 Å². The van der Waals surface area contributed by atoms with Crippen LogP contribution in [0.15, 0.2) is 60.2 Å². The lowest BCUT2D eigenvalue weighted by molar-refractivity contribution is -0.128. The molecule has 9 heteroatoms. The molecule has 2 bridgehead atoms. The van der Waals surface area contributed by atoms with E-state index < -0.39 is 11.6 Å². The average molecular weight is 632 g/mol. The van der Waals surface area contributed by atoms with Crippen molar-refractivity contribution in [3.8, 4) is 5.75 Å². The summed E-state index contributed by atoms with van der Waals surface area (Å²) in [6.45, 7) is 0.635. The van der Waals surface area contributed by atoms with Crippen molar-refractivity contribution in [2.75, 3.05) is 6.61 Å². The van der Waals surface area contributed by atoms with E-state index in [4.69, 9.17) is 39.5 Å². The molecule has 220 valence electrons. The van der Waals surface area contributed by atoms with Crippen LogP contribution in [0.5, 0.6) is 5.75 Å². The van der Waals surface area contributed by atoms with E-state index in [0.717, 1.165) is 72.1 Å². The third-order valence-electron chi connectivity index (χ3n) is 8.38. The van der Waals surface area contributed by atoms with Gasteiger partial charge in [-0.15, -0.1) is 0 Å². The van der Waals surface area contributed by atoms with Crippen LogP contribution >= 0.6 is 34.8 Å². The van der Waals surface area contributed by atoms with Crippen molar-refractivity contribution in [3.63, 3.8) is 0 Å². The Morgan fingerprint density at radius 3 is 2.45 bits per heavy atom. The number of halogens is 5. The van der Waals surface area contributed by atoms with Crippen LogP contribution in [0, 0.1) is 11.6 Å². The molecule has 1 N–H and O–H groups in total. The minimum Gasteiger partial charge on any atom is -0.489 e. The number of rotatable bonds is 10. The monoisotopic (exact) mass is 630 g/mol. The summed E-state index contributed by atoms with van der Waals surface area (Å²) in [5, 5.41) is 4.31. The Kier molecular flexibility index (Phi) is 8.78. The lowest BCUT2D eigenvalue weighted by atomic mass is 9.88. The number of aryl methyl sites for hydroxylation is 1. The van der Waals surface area contributed by atoms with Crippen molar-refractivity contribution in [2.45, 2.75) is 69.6 Å². The van der Waals surface area contributed by atoms with Crippen molar-refractivity contribution < 1.29 is 18.3 Å². The fourth-order valence-electron chi connectivity index (χ4n) is 6.05. The fourth-order valence-corrected chi connectivity index (χ4v) is 6.64. The Balaban J connectivity index is 1.18. The van der Waals surface area contributed by atoms with Crippen LogP contribution < -0.4 is 10.1 Å². The molecule has 2 aliphatic heterocycles. The second-order valence-corrected chi connectivity index (χ2v) is 12.5. The van der Waals surface area contributed by atoms with Gasteiger partial charge in [0, 0.05) is 30.2 Å². The van der Waals surface area contributed by atoms with E-state index in [0.29, 0.717) is 35.5 Å². The van der Waals surface area contributed by atoms with Crippen LogP contribution in [0.4, 0.5) is 8.78 Å². The number of carbonyl (C=O) groups excluding carboxylic acids is 1. The SMILES string of the molecule is O=C(C1=C(c2ccc(CCCOc3c(F)ccc(F)c3Cl)cc2)CC2CCC1N2)N(Cc1cccc(Cl)c1Cl)C1CC1. The zero-order valence-corrected chi connectivity index (χ0v) is 25.2. The minimum atomic E-state index is -0.712. The quantitative estimate of drug-likeness (QED) is 0.181. The van der Waals surface area contributed by atoms with Crippen LogP contribution in [-0.2, 0) is 17.8 Å². The topological polar surface area (TPSA) is 41.6 Å². The first-order valence-electron chi connectivity index (χ1n) is 14.4. The molecule has 1 aliphatic carbocycles. The van der Waals surface area contributed by atoms with Crippen molar-refractivity contribution in [3.05, 3.63) is 104 Å². The summed E-state index contributed by atoms with van der Waals surface area (Å²) in [5.41, 5.74) is 4.98. The van der Waals surface area contributed by atoms with Crippen molar-refractivity contribution in [1.29, 1.82) is 0 Å². The summed E-state index contributed by atoms with van der Waals surface area (Å²) in [4.78, 5) is 16.2. The normalized spacial score (nSPS) is 19.7. The molecular formula is C33H31Cl3F2N2O2. The first kappa shape index (κ1) is 29.4. The van der Waals surface area contributed by atoms with Gasteiger partial charge in [-0.3, -0.25) is 4.79 Å². The maximum absolute atomic E-state index is 14.3. The van der Waals surface area contributed by atoms with Crippen LogP contribution in [0.25, 0.3) is 5.57 Å². The molecule has 0 spiro atoms. The largest absolute Gasteiger partial charge is 0.489 e. The number of amides is 1. The van der Waals surface area contributed by atoms with Gasteiger partial charge >= 0.3 is 0 Å². The second kappa shape index (κ2) is 12.5. The third kappa shape index (κ3) is 6.19.